The number of aryl methyl sites for hydroxylation is 1. The second-order valence-electron chi connectivity index (χ2n) is 4.54. The third kappa shape index (κ3) is 5.03. The minimum absolute atomic E-state index is 0.179. The number of thiophene rings is 1. The molecule has 1 N–H and O–H groups in total. The summed E-state index contributed by atoms with van der Waals surface area (Å²) in [7, 11) is -4.55. The van der Waals surface area contributed by atoms with Gasteiger partial charge in [0.05, 0.1) is 0 Å². The largest absolute Gasteiger partial charge is 0.259 e. The summed E-state index contributed by atoms with van der Waals surface area (Å²) in [6, 6.07) is 12.9. The Kier molecular flexibility index (Phi) is 5.69. The molecular weight excluding hydrogens is 326 g/mol. The Hall–Kier alpha value is -1.02. The lowest BCUT2D eigenvalue weighted by atomic mass is 10.2. The van der Waals surface area contributed by atoms with Crippen LogP contribution in [-0.4, -0.2) is 24.9 Å². The van der Waals surface area contributed by atoms with Crippen LogP contribution in [0.2, 0.25) is 0 Å². The first-order chi connectivity index (χ1) is 9.97. The average Bonchev–Trinajstić information content (AvgIpc) is 2.87. The highest BCUT2D eigenvalue weighted by atomic mass is 32.2. The van der Waals surface area contributed by atoms with Gasteiger partial charge in [-0.05, 0) is 24.6 Å². The molecule has 2 rings (SSSR count). The summed E-state index contributed by atoms with van der Waals surface area (Å²) in [6.07, 6.45) is 0. The van der Waals surface area contributed by atoms with Crippen LogP contribution >= 0.6 is 11.3 Å². The minimum Gasteiger partial charge on any atom is -0.259 e. The molecule has 0 bridgehead atoms. The molecule has 0 fully saturated rings. The van der Waals surface area contributed by atoms with Crippen molar-refractivity contribution in [2.75, 3.05) is 12.3 Å². The fourth-order valence-electron chi connectivity index (χ4n) is 1.75. The maximum atomic E-state index is 12.0. The number of benzene rings is 1. The standard InChI is InChI=1S/C14H17NO3S3/c1-12-7-8-14(19-12)21(17,18)15-9-10-20(16)11-13-5-3-2-4-6-13/h2-8,15H,9-11H2,1H3/t20-/m0/s1. The van der Waals surface area contributed by atoms with E-state index in [1.807, 2.05) is 37.3 Å². The Morgan fingerprint density at radius 3 is 2.48 bits per heavy atom. The van der Waals surface area contributed by atoms with Gasteiger partial charge in [-0.15, -0.1) is 11.3 Å². The van der Waals surface area contributed by atoms with Gasteiger partial charge in [0.2, 0.25) is 10.0 Å². The van der Waals surface area contributed by atoms with Crippen molar-refractivity contribution < 1.29 is 12.6 Å². The first-order valence-electron chi connectivity index (χ1n) is 6.42. The third-order valence-electron chi connectivity index (χ3n) is 2.77. The first-order valence-corrected chi connectivity index (χ1v) is 10.2. The quantitative estimate of drug-likeness (QED) is 0.839. The van der Waals surface area contributed by atoms with Crippen LogP contribution in [0, 0.1) is 6.92 Å². The van der Waals surface area contributed by atoms with Gasteiger partial charge >= 0.3 is 0 Å². The van der Waals surface area contributed by atoms with Gasteiger partial charge in [0, 0.05) is 33.7 Å². The van der Waals surface area contributed by atoms with E-state index in [-0.39, 0.29) is 6.54 Å². The molecule has 0 aliphatic rings. The normalized spacial score (nSPS) is 13.2. The summed E-state index contributed by atoms with van der Waals surface area (Å²) in [5.41, 5.74) is 0.993. The third-order valence-corrected chi connectivity index (χ3v) is 7.04. The summed E-state index contributed by atoms with van der Waals surface area (Å²) in [5.74, 6) is 0.749. The molecule has 7 heteroatoms. The number of hydrogen-bond acceptors (Lipinski definition) is 4. The van der Waals surface area contributed by atoms with E-state index in [9.17, 15) is 12.6 Å². The zero-order valence-corrected chi connectivity index (χ0v) is 14.1. The molecule has 0 unspecified atom stereocenters. The Morgan fingerprint density at radius 2 is 1.86 bits per heavy atom. The van der Waals surface area contributed by atoms with Crippen LogP contribution in [0.15, 0.2) is 46.7 Å². The van der Waals surface area contributed by atoms with Crippen molar-refractivity contribution in [2.24, 2.45) is 0 Å². The van der Waals surface area contributed by atoms with E-state index in [1.165, 1.54) is 11.3 Å². The topological polar surface area (TPSA) is 63.2 Å². The molecule has 0 spiro atoms. The second kappa shape index (κ2) is 7.31. The van der Waals surface area contributed by atoms with Crippen LogP contribution in [0.25, 0.3) is 0 Å². The monoisotopic (exact) mass is 343 g/mol. The van der Waals surface area contributed by atoms with Gasteiger partial charge < -0.3 is 0 Å². The lowest BCUT2D eigenvalue weighted by Crippen LogP contribution is -2.27. The molecule has 1 heterocycles. The highest BCUT2D eigenvalue weighted by molar-refractivity contribution is 7.91. The van der Waals surface area contributed by atoms with Crippen LogP contribution in [0.3, 0.4) is 0 Å². The van der Waals surface area contributed by atoms with E-state index in [0.717, 1.165) is 10.4 Å². The molecule has 4 nitrogen and oxygen atoms in total. The summed E-state index contributed by atoms with van der Waals surface area (Å²) in [6.45, 7) is 2.04. The molecular formula is C14H17NO3S3. The Balaban J connectivity index is 1.82. The van der Waals surface area contributed by atoms with E-state index in [2.05, 4.69) is 4.72 Å². The minimum atomic E-state index is -3.47. The second-order valence-corrected chi connectivity index (χ2v) is 9.40. The van der Waals surface area contributed by atoms with E-state index in [0.29, 0.717) is 15.7 Å². The Morgan fingerprint density at radius 1 is 1.14 bits per heavy atom. The highest BCUT2D eigenvalue weighted by Gasteiger charge is 2.15. The fraction of sp³-hybridized carbons (Fsp3) is 0.286. The van der Waals surface area contributed by atoms with Crippen LogP contribution in [0.1, 0.15) is 10.4 Å². The predicted octanol–water partition coefficient (Wildman–Crippen LogP) is 2.28. The summed E-state index contributed by atoms with van der Waals surface area (Å²) < 4.78 is 38.7. The van der Waals surface area contributed by atoms with Crippen LogP contribution in [-0.2, 0) is 26.6 Å². The van der Waals surface area contributed by atoms with Crippen LogP contribution in [0.4, 0.5) is 0 Å². The van der Waals surface area contributed by atoms with Crippen molar-refractivity contribution in [1.29, 1.82) is 0 Å². The lowest BCUT2D eigenvalue weighted by Gasteiger charge is -2.05. The molecule has 0 saturated carbocycles. The summed E-state index contributed by atoms with van der Waals surface area (Å²) >= 11 is 1.23. The van der Waals surface area contributed by atoms with Gasteiger partial charge in [-0.3, -0.25) is 4.21 Å². The van der Waals surface area contributed by atoms with E-state index < -0.39 is 20.8 Å². The van der Waals surface area contributed by atoms with Crippen molar-refractivity contribution in [3.63, 3.8) is 0 Å². The highest BCUT2D eigenvalue weighted by Crippen LogP contribution is 2.20. The van der Waals surface area contributed by atoms with Gasteiger partial charge in [0.1, 0.15) is 4.21 Å². The lowest BCUT2D eigenvalue weighted by molar-refractivity contribution is 0.586. The number of hydrogen-bond donors (Lipinski definition) is 1. The van der Waals surface area contributed by atoms with Crippen molar-refractivity contribution in [3.8, 4) is 0 Å². The smallest absolute Gasteiger partial charge is 0.250 e. The van der Waals surface area contributed by atoms with Crippen molar-refractivity contribution in [1.82, 2.24) is 4.72 Å². The van der Waals surface area contributed by atoms with Gasteiger partial charge in [-0.25, -0.2) is 13.1 Å². The Bertz CT molecular complexity index is 708. The molecule has 21 heavy (non-hydrogen) atoms. The van der Waals surface area contributed by atoms with E-state index in [4.69, 9.17) is 0 Å². The number of sulfonamides is 1. The molecule has 1 aromatic heterocycles. The molecule has 114 valence electrons. The molecule has 1 atom stereocenters. The van der Waals surface area contributed by atoms with Gasteiger partial charge in [0.15, 0.2) is 0 Å². The molecule has 2 aromatic rings. The summed E-state index contributed by atoms with van der Waals surface area (Å²) in [4.78, 5) is 0.947. The SMILES string of the molecule is Cc1ccc(S(=O)(=O)NCC[S@](=O)Cc2ccccc2)s1. The molecule has 0 radical (unpaired) electrons. The van der Waals surface area contributed by atoms with Gasteiger partial charge in [-0.1, -0.05) is 30.3 Å². The van der Waals surface area contributed by atoms with Crippen LogP contribution in [0.5, 0.6) is 0 Å². The molecule has 0 aliphatic carbocycles. The van der Waals surface area contributed by atoms with E-state index >= 15 is 0 Å². The first kappa shape index (κ1) is 16.4. The molecule has 0 saturated heterocycles. The van der Waals surface area contributed by atoms with Crippen molar-refractivity contribution in [2.45, 2.75) is 16.9 Å². The van der Waals surface area contributed by atoms with Crippen LogP contribution < -0.4 is 4.72 Å². The van der Waals surface area contributed by atoms with Crippen molar-refractivity contribution in [3.05, 3.63) is 52.9 Å². The summed E-state index contributed by atoms with van der Waals surface area (Å²) in [5, 5.41) is 0. The maximum absolute atomic E-state index is 12.0. The van der Waals surface area contributed by atoms with E-state index in [1.54, 1.807) is 12.1 Å². The maximum Gasteiger partial charge on any atom is 0.250 e. The predicted molar refractivity (Wildman–Crippen MR) is 87.4 cm³/mol. The number of nitrogens with one attached hydrogen (secondary N) is 1. The van der Waals surface area contributed by atoms with Gasteiger partial charge in [-0.2, -0.15) is 0 Å². The van der Waals surface area contributed by atoms with Crippen molar-refractivity contribution >= 4 is 32.2 Å². The zero-order valence-electron chi connectivity index (χ0n) is 11.6. The average molecular weight is 343 g/mol. The molecule has 1 aromatic carbocycles. The molecule has 0 amide bonds. The number of rotatable bonds is 7. The fourth-order valence-corrected chi connectivity index (χ4v) is 5.28. The zero-order chi connectivity index (χ0) is 15.3. The molecule has 0 aliphatic heterocycles. The Labute approximate surface area is 131 Å². The van der Waals surface area contributed by atoms with Gasteiger partial charge in [0.25, 0.3) is 0 Å².